The molecule has 5 heteroatoms. The van der Waals surface area contributed by atoms with Crippen LogP contribution in [0.4, 0.5) is 16.8 Å². The molecule has 0 unspecified atom stereocenters. The number of hydrogen-bond donors (Lipinski definition) is 0. The zero-order valence-electron chi connectivity index (χ0n) is 6.27. The van der Waals surface area contributed by atoms with Gasteiger partial charge >= 0.3 is 66.7 Å². The Hall–Kier alpha value is -0.630. The fourth-order valence-electron chi connectivity index (χ4n) is 0.838. The van der Waals surface area contributed by atoms with E-state index in [1.54, 1.807) is 0 Å². The monoisotopic (exact) mass is 198 g/mol. The van der Waals surface area contributed by atoms with Gasteiger partial charge in [0.1, 0.15) is 0 Å². The molecule has 1 aromatic rings. The van der Waals surface area contributed by atoms with Crippen molar-refractivity contribution in [2.75, 3.05) is 0 Å². The van der Waals surface area contributed by atoms with Gasteiger partial charge in [-0.2, -0.15) is 0 Å². The molecule has 0 saturated carbocycles. The first kappa shape index (κ1) is 9.46. The maximum absolute atomic E-state index is 12.1. The predicted octanol–water partition coefficient (Wildman–Crippen LogP) is 3.71. The van der Waals surface area contributed by atoms with Crippen LogP contribution in [0.5, 0.6) is 0 Å². The van der Waals surface area contributed by atoms with Crippen LogP contribution < -0.4 is 5.30 Å². The first-order chi connectivity index (χ1) is 5.26. The van der Waals surface area contributed by atoms with E-state index in [0.29, 0.717) is 5.56 Å². The number of hydrogen-bond acceptors (Lipinski definition) is 0. The Balaban J connectivity index is 3.22. The average Bonchev–Trinajstić information content (AvgIpc) is 1.84. The van der Waals surface area contributed by atoms with Gasteiger partial charge in [-0.05, 0) is 0 Å². The van der Waals surface area contributed by atoms with Gasteiger partial charge in [0.15, 0.2) is 0 Å². The Bertz CT molecular complexity index is 293. The third-order valence-corrected chi connectivity index (χ3v) is 2.45. The quantitative estimate of drug-likeness (QED) is 0.476. The third kappa shape index (κ3) is 2.18. The molecule has 1 aromatic carbocycles. The van der Waals surface area contributed by atoms with Gasteiger partial charge in [0.25, 0.3) is 0 Å². The van der Waals surface area contributed by atoms with Crippen molar-refractivity contribution in [3.63, 3.8) is 0 Å². The predicted molar refractivity (Wildman–Crippen MR) is 42.2 cm³/mol. The molecule has 0 aliphatic heterocycles. The zero-order chi connectivity index (χ0) is 9.43. The van der Waals surface area contributed by atoms with E-state index in [1.807, 2.05) is 0 Å². The molecule has 0 aliphatic rings. The first-order valence-electron chi connectivity index (χ1n) is 3.22. The SMILES string of the molecule is Cc1cccc(P(F)(F)(F)F)c1. The summed E-state index contributed by atoms with van der Waals surface area (Å²) in [7, 11) is -7.52. The summed E-state index contributed by atoms with van der Waals surface area (Å²) in [6.45, 7) is 1.49. The van der Waals surface area contributed by atoms with Crippen LogP contribution in [0.25, 0.3) is 0 Å². The van der Waals surface area contributed by atoms with Crippen molar-refractivity contribution in [3.8, 4) is 0 Å². The normalized spacial score (nSPS) is 15.2. The summed E-state index contributed by atoms with van der Waals surface area (Å²) < 4.78 is 48.5. The molecule has 0 N–H and O–H groups in total. The molecule has 0 aromatic heterocycles. The average molecular weight is 198 g/mol. The summed E-state index contributed by atoms with van der Waals surface area (Å²) in [5.74, 6) is 0. The second-order valence-electron chi connectivity index (χ2n) is 2.56. The standard InChI is InChI=1S/C7H7F4P/c1-6-3-2-4-7(5-6)12(8,9,10)11/h2-5H,1H3. The molecule has 0 bridgehead atoms. The van der Waals surface area contributed by atoms with Gasteiger partial charge in [-0.25, -0.2) is 0 Å². The zero-order valence-corrected chi connectivity index (χ0v) is 7.16. The van der Waals surface area contributed by atoms with Gasteiger partial charge in [-0.1, -0.05) is 0 Å². The Kier molecular flexibility index (Phi) is 1.91. The molecule has 0 atom stereocenters. The summed E-state index contributed by atoms with van der Waals surface area (Å²) >= 11 is 0. The summed E-state index contributed by atoms with van der Waals surface area (Å²) in [4.78, 5) is 0. The van der Waals surface area contributed by atoms with Gasteiger partial charge in [-0.15, -0.1) is 0 Å². The van der Waals surface area contributed by atoms with Crippen molar-refractivity contribution in [3.05, 3.63) is 29.8 Å². The molecule has 0 nitrogen and oxygen atoms in total. The van der Waals surface area contributed by atoms with E-state index in [9.17, 15) is 16.8 Å². The van der Waals surface area contributed by atoms with Crippen LogP contribution in [-0.2, 0) is 0 Å². The van der Waals surface area contributed by atoms with Crippen molar-refractivity contribution >= 4 is 13.2 Å². The van der Waals surface area contributed by atoms with E-state index < -0.39 is 13.2 Å². The fraction of sp³-hybridized carbons (Fsp3) is 0.143. The molecule has 0 radical (unpaired) electrons. The Morgan fingerprint density at radius 2 is 1.67 bits per heavy atom. The van der Waals surface area contributed by atoms with Gasteiger partial charge in [0.2, 0.25) is 0 Å². The third-order valence-electron chi connectivity index (χ3n) is 1.39. The van der Waals surface area contributed by atoms with Crippen LogP contribution >= 0.6 is 7.85 Å². The molecule has 0 saturated heterocycles. The summed E-state index contributed by atoms with van der Waals surface area (Å²) in [5.41, 5.74) is 0.409. The van der Waals surface area contributed by atoms with Crippen molar-refractivity contribution in [2.24, 2.45) is 0 Å². The molecule has 1 rings (SSSR count). The number of benzene rings is 1. The second kappa shape index (κ2) is 2.43. The summed E-state index contributed by atoms with van der Waals surface area (Å²) in [6, 6.07) is 4.26. The maximum atomic E-state index is 12.1. The molecule has 68 valence electrons. The Labute approximate surface area is 67.6 Å². The molecular weight excluding hydrogens is 191 g/mol. The van der Waals surface area contributed by atoms with E-state index in [1.165, 1.54) is 19.1 Å². The van der Waals surface area contributed by atoms with Gasteiger partial charge in [-0.3, -0.25) is 0 Å². The van der Waals surface area contributed by atoms with Gasteiger partial charge in [0, 0.05) is 0 Å². The van der Waals surface area contributed by atoms with Crippen molar-refractivity contribution < 1.29 is 16.8 Å². The molecule has 12 heavy (non-hydrogen) atoms. The van der Waals surface area contributed by atoms with Crippen molar-refractivity contribution in [2.45, 2.75) is 6.92 Å². The Morgan fingerprint density at radius 3 is 2.00 bits per heavy atom. The minimum absolute atomic E-state index is 0.409. The first-order valence-corrected chi connectivity index (χ1v) is 5.02. The fourth-order valence-corrected chi connectivity index (χ4v) is 1.55. The van der Waals surface area contributed by atoms with Crippen molar-refractivity contribution in [1.82, 2.24) is 0 Å². The van der Waals surface area contributed by atoms with E-state index in [2.05, 4.69) is 0 Å². The van der Waals surface area contributed by atoms with Crippen LogP contribution in [0.3, 0.4) is 0 Å². The van der Waals surface area contributed by atoms with Crippen LogP contribution in [0.15, 0.2) is 24.3 Å². The van der Waals surface area contributed by atoms with Crippen LogP contribution in [0, 0.1) is 6.92 Å². The number of rotatable bonds is 1. The molecule has 0 aliphatic carbocycles. The summed E-state index contributed by atoms with van der Waals surface area (Å²) in [5, 5.41) is -1.14. The van der Waals surface area contributed by atoms with Crippen LogP contribution in [0.1, 0.15) is 5.56 Å². The summed E-state index contributed by atoms with van der Waals surface area (Å²) in [6.07, 6.45) is 0. The second-order valence-corrected chi connectivity index (χ2v) is 4.52. The molecule has 0 fully saturated rings. The molecular formula is C7H7F4P. The van der Waals surface area contributed by atoms with E-state index in [0.717, 1.165) is 12.1 Å². The van der Waals surface area contributed by atoms with Crippen LogP contribution in [-0.4, -0.2) is 0 Å². The Morgan fingerprint density at radius 1 is 1.08 bits per heavy atom. The van der Waals surface area contributed by atoms with Crippen LogP contribution in [0.2, 0.25) is 0 Å². The van der Waals surface area contributed by atoms with E-state index in [4.69, 9.17) is 0 Å². The molecule has 0 spiro atoms. The minimum atomic E-state index is -7.52. The molecule has 0 heterocycles. The number of halogens is 4. The topological polar surface area (TPSA) is 0 Å². The van der Waals surface area contributed by atoms with Gasteiger partial charge in [0.05, 0.1) is 0 Å². The van der Waals surface area contributed by atoms with Crippen molar-refractivity contribution in [1.29, 1.82) is 0 Å². The van der Waals surface area contributed by atoms with E-state index in [-0.39, 0.29) is 0 Å². The number of aryl methyl sites for hydroxylation is 1. The van der Waals surface area contributed by atoms with E-state index >= 15 is 0 Å². The molecule has 0 amide bonds. The van der Waals surface area contributed by atoms with Gasteiger partial charge < -0.3 is 0 Å².